The van der Waals surface area contributed by atoms with Gasteiger partial charge >= 0.3 is 5.69 Å². The van der Waals surface area contributed by atoms with E-state index in [-0.39, 0.29) is 5.69 Å². The fourth-order valence-electron chi connectivity index (χ4n) is 3.20. The van der Waals surface area contributed by atoms with Gasteiger partial charge in [-0.1, -0.05) is 0 Å². The zero-order valence-electron chi connectivity index (χ0n) is 12.9. The number of aryl methyl sites for hydroxylation is 2. The van der Waals surface area contributed by atoms with E-state index in [1.54, 1.807) is 7.05 Å². The highest BCUT2D eigenvalue weighted by molar-refractivity contribution is 7.09. The van der Waals surface area contributed by atoms with Gasteiger partial charge in [0.2, 0.25) is 5.13 Å². The molecule has 1 saturated carbocycles. The van der Waals surface area contributed by atoms with Gasteiger partial charge in [-0.2, -0.15) is 9.47 Å². The van der Waals surface area contributed by atoms with Crippen molar-refractivity contribution in [1.82, 2.24) is 23.7 Å². The topological polar surface area (TPSA) is 68.8 Å². The summed E-state index contributed by atoms with van der Waals surface area (Å²) >= 11 is 1.47. The third-order valence-corrected chi connectivity index (χ3v) is 5.41. The minimum Gasteiger partial charge on any atom is -0.347 e. The Morgan fingerprint density at radius 3 is 2.50 bits per heavy atom. The molecular formula is C14H20N6OS. The number of piperidine rings is 1. The van der Waals surface area contributed by atoms with Crippen LogP contribution in [0.5, 0.6) is 0 Å². The minimum absolute atomic E-state index is 0.0414. The molecule has 1 aliphatic heterocycles. The van der Waals surface area contributed by atoms with Crippen LogP contribution in [0.3, 0.4) is 0 Å². The van der Waals surface area contributed by atoms with Crippen LogP contribution in [0.15, 0.2) is 4.79 Å². The Morgan fingerprint density at radius 2 is 1.91 bits per heavy atom. The van der Waals surface area contributed by atoms with Gasteiger partial charge < -0.3 is 4.90 Å². The van der Waals surface area contributed by atoms with Crippen LogP contribution in [0, 0.1) is 6.92 Å². The number of hydrogen-bond donors (Lipinski definition) is 0. The molecule has 2 aromatic rings. The van der Waals surface area contributed by atoms with Gasteiger partial charge in [0.15, 0.2) is 0 Å². The van der Waals surface area contributed by atoms with E-state index in [1.807, 2.05) is 11.5 Å². The summed E-state index contributed by atoms with van der Waals surface area (Å²) in [7, 11) is 1.75. The molecule has 3 heterocycles. The first-order valence-electron chi connectivity index (χ1n) is 7.84. The van der Waals surface area contributed by atoms with Gasteiger partial charge in [0.1, 0.15) is 11.6 Å². The van der Waals surface area contributed by atoms with Gasteiger partial charge in [-0.3, -0.25) is 4.57 Å². The standard InChI is InChI=1S/C14H20N6OS/c1-9-15-13(22-17-9)19-7-5-10(6-8-19)12-16-18(2)14(21)20(12)11-3-4-11/h10-11H,3-8H2,1-2H3. The van der Waals surface area contributed by atoms with Crippen molar-refractivity contribution >= 4 is 16.7 Å². The van der Waals surface area contributed by atoms with Crippen molar-refractivity contribution in [3.8, 4) is 0 Å². The van der Waals surface area contributed by atoms with E-state index in [2.05, 4.69) is 19.4 Å². The summed E-state index contributed by atoms with van der Waals surface area (Å²) in [6.45, 7) is 3.83. The summed E-state index contributed by atoms with van der Waals surface area (Å²) in [5.74, 6) is 2.21. The molecule has 118 valence electrons. The van der Waals surface area contributed by atoms with Gasteiger partial charge in [0.05, 0.1) is 0 Å². The molecule has 0 N–H and O–H groups in total. The largest absolute Gasteiger partial charge is 0.347 e. The summed E-state index contributed by atoms with van der Waals surface area (Å²) in [5, 5.41) is 5.53. The predicted molar refractivity (Wildman–Crippen MR) is 84.6 cm³/mol. The number of anilines is 1. The number of aromatic nitrogens is 5. The van der Waals surface area contributed by atoms with E-state index in [0.717, 1.165) is 55.6 Å². The highest BCUT2D eigenvalue weighted by atomic mass is 32.1. The van der Waals surface area contributed by atoms with Crippen LogP contribution >= 0.6 is 11.5 Å². The third kappa shape index (κ3) is 2.35. The Labute approximate surface area is 132 Å². The molecule has 4 rings (SSSR count). The van der Waals surface area contributed by atoms with Crippen molar-refractivity contribution in [3.63, 3.8) is 0 Å². The second kappa shape index (κ2) is 5.19. The lowest BCUT2D eigenvalue weighted by Crippen LogP contribution is -2.34. The third-order valence-electron chi connectivity index (χ3n) is 4.54. The van der Waals surface area contributed by atoms with Crippen molar-refractivity contribution < 1.29 is 0 Å². The molecule has 22 heavy (non-hydrogen) atoms. The first-order valence-corrected chi connectivity index (χ1v) is 8.61. The minimum atomic E-state index is 0.0414. The van der Waals surface area contributed by atoms with Gasteiger partial charge in [-0.25, -0.2) is 14.5 Å². The van der Waals surface area contributed by atoms with Crippen LogP contribution < -0.4 is 10.6 Å². The quantitative estimate of drug-likeness (QED) is 0.856. The molecule has 1 saturated heterocycles. The second-order valence-electron chi connectivity index (χ2n) is 6.25. The summed E-state index contributed by atoms with van der Waals surface area (Å²) in [4.78, 5) is 19.0. The first-order chi connectivity index (χ1) is 10.6. The summed E-state index contributed by atoms with van der Waals surface area (Å²) < 4.78 is 7.69. The monoisotopic (exact) mass is 320 g/mol. The fraction of sp³-hybridized carbons (Fsp3) is 0.714. The molecule has 2 aliphatic rings. The molecule has 1 aliphatic carbocycles. The molecule has 0 aromatic carbocycles. The molecule has 0 spiro atoms. The van der Waals surface area contributed by atoms with Crippen molar-refractivity contribution in [1.29, 1.82) is 0 Å². The van der Waals surface area contributed by atoms with Crippen molar-refractivity contribution in [2.75, 3.05) is 18.0 Å². The Balaban J connectivity index is 1.52. The van der Waals surface area contributed by atoms with E-state index in [9.17, 15) is 4.79 Å². The van der Waals surface area contributed by atoms with Crippen molar-refractivity contribution in [2.45, 2.75) is 44.6 Å². The van der Waals surface area contributed by atoms with E-state index < -0.39 is 0 Å². The molecule has 2 fully saturated rings. The molecule has 0 bridgehead atoms. The van der Waals surface area contributed by atoms with Gasteiger partial charge in [-0.15, -0.1) is 0 Å². The SMILES string of the molecule is Cc1nsc(N2CCC(c3nn(C)c(=O)n3C3CC3)CC2)n1. The lowest BCUT2D eigenvalue weighted by Gasteiger charge is -2.31. The van der Waals surface area contributed by atoms with E-state index in [1.165, 1.54) is 16.2 Å². The molecule has 0 unspecified atom stereocenters. The maximum absolute atomic E-state index is 12.2. The highest BCUT2D eigenvalue weighted by Crippen LogP contribution is 2.38. The van der Waals surface area contributed by atoms with Crippen molar-refractivity contribution in [3.05, 3.63) is 22.1 Å². The molecule has 0 radical (unpaired) electrons. The normalized spacial score (nSPS) is 19.8. The smallest absolute Gasteiger partial charge is 0.345 e. The zero-order chi connectivity index (χ0) is 15.3. The van der Waals surface area contributed by atoms with Gasteiger partial charge in [0, 0.05) is 43.6 Å². The van der Waals surface area contributed by atoms with Crippen molar-refractivity contribution in [2.24, 2.45) is 7.05 Å². The highest BCUT2D eigenvalue weighted by Gasteiger charge is 2.33. The van der Waals surface area contributed by atoms with Crippen LogP contribution in [-0.4, -0.2) is 36.8 Å². The molecule has 8 heteroatoms. The van der Waals surface area contributed by atoms with Crippen LogP contribution in [0.25, 0.3) is 0 Å². The maximum atomic E-state index is 12.2. The second-order valence-corrected chi connectivity index (χ2v) is 6.98. The summed E-state index contributed by atoms with van der Waals surface area (Å²) in [6.07, 6.45) is 4.26. The lowest BCUT2D eigenvalue weighted by molar-refractivity contribution is 0.462. The molecule has 2 aromatic heterocycles. The number of hydrogen-bond acceptors (Lipinski definition) is 6. The van der Waals surface area contributed by atoms with Crippen LogP contribution in [0.1, 0.15) is 49.3 Å². The molecule has 0 atom stereocenters. The predicted octanol–water partition coefficient (Wildman–Crippen LogP) is 1.46. The Morgan fingerprint density at radius 1 is 1.18 bits per heavy atom. The first kappa shape index (κ1) is 13.9. The Bertz CT molecular complexity index is 735. The summed E-state index contributed by atoms with van der Waals surface area (Å²) in [6, 6.07) is 0.389. The Hall–Kier alpha value is -1.70. The zero-order valence-corrected chi connectivity index (χ0v) is 13.7. The van der Waals surface area contributed by atoms with Crippen LogP contribution in [0.4, 0.5) is 5.13 Å². The van der Waals surface area contributed by atoms with E-state index in [0.29, 0.717) is 12.0 Å². The van der Waals surface area contributed by atoms with E-state index >= 15 is 0 Å². The van der Waals surface area contributed by atoms with Gasteiger partial charge in [-0.05, 0) is 32.6 Å². The summed E-state index contributed by atoms with van der Waals surface area (Å²) in [5.41, 5.74) is 0.0414. The average molecular weight is 320 g/mol. The molecule has 0 amide bonds. The number of rotatable bonds is 3. The number of nitrogens with zero attached hydrogens (tertiary/aromatic N) is 6. The van der Waals surface area contributed by atoms with Crippen LogP contribution in [0.2, 0.25) is 0 Å². The van der Waals surface area contributed by atoms with E-state index in [4.69, 9.17) is 0 Å². The Kier molecular flexibility index (Phi) is 3.28. The molecular weight excluding hydrogens is 300 g/mol. The molecule has 7 nitrogen and oxygen atoms in total. The van der Waals surface area contributed by atoms with Gasteiger partial charge in [0.25, 0.3) is 0 Å². The van der Waals surface area contributed by atoms with Crippen LogP contribution in [-0.2, 0) is 7.05 Å². The lowest BCUT2D eigenvalue weighted by atomic mass is 9.96. The maximum Gasteiger partial charge on any atom is 0.345 e. The fourth-order valence-corrected chi connectivity index (χ4v) is 3.92. The average Bonchev–Trinajstić information content (AvgIpc) is 3.19.